The number of rotatable bonds is 6. The summed E-state index contributed by atoms with van der Waals surface area (Å²) in [6, 6.07) is 26.2. The number of ether oxygens (including phenoxy) is 2. The smallest absolute Gasteiger partial charge is 0.135 e. The highest BCUT2D eigenvalue weighted by atomic mass is 16.5. The molecular formula is C24H22O3. The van der Waals surface area contributed by atoms with Gasteiger partial charge in [-0.25, -0.2) is 0 Å². The number of aliphatic hydroxyl groups is 1. The minimum Gasteiger partial charge on any atom is -0.491 e. The molecule has 27 heavy (non-hydrogen) atoms. The van der Waals surface area contributed by atoms with Crippen molar-refractivity contribution in [3.63, 3.8) is 0 Å². The molecule has 0 amide bonds. The molecule has 4 rings (SSSR count). The Labute approximate surface area is 158 Å². The monoisotopic (exact) mass is 358 g/mol. The summed E-state index contributed by atoms with van der Waals surface area (Å²) in [7, 11) is 0. The van der Waals surface area contributed by atoms with Gasteiger partial charge in [-0.05, 0) is 42.0 Å². The average Bonchev–Trinajstić information content (AvgIpc) is 2.70. The van der Waals surface area contributed by atoms with E-state index in [-0.39, 0.29) is 13.2 Å². The summed E-state index contributed by atoms with van der Waals surface area (Å²) in [6.45, 7) is 2.43. The van der Waals surface area contributed by atoms with E-state index in [0.29, 0.717) is 0 Å². The van der Waals surface area contributed by atoms with Gasteiger partial charge in [0.25, 0.3) is 0 Å². The van der Waals surface area contributed by atoms with Crippen LogP contribution in [0.25, 0.3) is 21.5 Å². The van der Waals surface area contributed by atoms with Gasteiger partial charge >= 0.3 is 0 Å². The second kappa shape index (κ2) is 7.68. The standard InChI is InChI=1S/C24H22O3/c1-17-11-12-19-14-18-7-5-6-10-22(18)24(23(19)13-17)27-16-20(25)15-26-21-8-3-2-4-9-21/h2-14,20,25H,15-16H2,1H3. The topological polar surface area (TPSA) is 38.7 Å². The molecule has 3 nitrogen and oxygen atoms in total. The third-order valence-corrected chi connectivity index (χ3v) is 4.58. The molecule has 1 N–H and O–H groups in total. The Morgan fingerprint density at radius 1 is 0.741 bits per heavy atom. The van der Waals surface area contributed by atoms with E-state index < -0.39 is 6.10 Å². The fourth-order valence-corrected chi connectivity index (χ4v) is 3.23. The Balaban J connectivity index is 1.57. The van der Waals surface area contributed by atoms with Crippen molar-refractivity contribution in [1.82, 2.24) is 0 Å². The van der Waals surface area contributed by atoms with Crippen LogP contribution in [0.15, 0.2) is 78.9 Å². The summed E-state index contributed by atoms with van der Waals surface area (Å²) in [4.78, 5) is 0. The lowest BCUT2D eigenvalue weighted by atomic mass is 10.0. The zero-order valence-corrected chi connectivity index (χ0v) is 15.3. The SMILES string of the molecule is Cc1ccc2cc3ccccc3c(OCC(O)COc3ccccc3)c2c1. The Kier molecular flexibility index (Phi) is 4.95. The summed E-state index contributed by atoms with van der Waals surface area (Å²) < 4.78 is 11.7. The lowest BCUT2D eigenvalue weighted by Crippen LogP contribution is -2.25. The largest absolute Gasteiger partial charge is 0.491 e. The Morgan fingerprint density at radius 3 is 2.30 bits per heavy atom. The van der Waals surface area contributed by atoms with E-state index in [4.69, 9.17) is 9.47 Å². The van der Waals surface area contributed by atoms with Gasteiger partial charge in [0.05, 0.1) is 0 Å². The van der Waals surface area contributed by atoms with E-state index in [2.05, 4.69) is 43.3 Å². The third kappa shape index (κ3) is 3.88. The Hall–Kier alpha value is -3.04. The maximum absolute atomic E-state index is 10.3. The van der Waals surface area contributed by atoms with Crippen molar-refractivity contribution >= 4 is 21.5 Å². The molecule has 0 aromatic heterocycles. The lowest BCUT2D eigenvalue weighted by molar-refractivity contribution is 0.0637. The van der Waals surface area contributed by atoms with Gasteiger partial charge in [-0.1, -0.05) is 60.2 Å². The van der Waals surface area contributed by atoms with Crippen molar-refractivity contribution in [2.45, 2.75) is 13.0 Å². The molecule has 0 saturated heterocycles. The zero-order chi connectivity index (χ0) is 18.6. The van der Waals surface area contributed by atoms with Gasteiger partial charge in [-0.2, -0.15) is 0 Å². The molecule has 0 fully saturated rings. The van der Waals surface area contributed by atoms with E-state index in [1.165, 1.54) is 5.56 Å². The first-order chi connectivity index (χ1) is 13.2. The van der Waals surface area contributed by atoms with E-state index in [0.717, 1.165) is 33.0 Å². The Bertz CT molecular complexity index is 1060. The lowest BCUT2D eigenvalue weighted by Gasteiger charge is -2.17. The van der Waals surface area contributed by atoms with Crippen molar-refractivity contribution in [2.24, 2.45) is 0 Å². The minimum atomic E-state index is -0.718. The molecule has 4 aromatic rings. The summed E-state index contributed by atoms with van der Waals surface area (Å²) >= 11 is 0. The summed E-state index contributed by atoms with van der Waals surface area (Å²) in [5.74, 6) is 1.55. The van der Waals surface area contributed by atoms with Gasteiger partial charge in [0.2, 0.25) is 0 Å². The fourth-order valence-electron chi connectivity index (χ4n) is 3.23. The van der Waals surface area contributed by atoms with E-state index in [1.807, 2.05) is 42.5 Å². The minimum absolute atomic E-state index is 0.171. The molecule has 0 aliphatic carbocycles. The van der Waals surface area contributed by atoms with Crippen molar-refractivity contribution < 1.29 is 14.6 Å². The molecule has 0 bridgehead atoms. The van der Waals surface area contributed by atoms with Crippen LogP contribution in [0.5, 0.6) is 11.5 Å². The fraction of sp³-hybridized carbons (Fsp3) is 0.167. The van der Waals surface area contributed by atoms with Crippen molar-refractivity contribution in [2.75, 3.05) is 13.2 Å². The highest BCUT2D eigenvalue weighted by Gasteiger charge is 2.12. The maximum atomic E-state index is 10.3. The van der Waals surface area contributed by atoms with Gasteiger partial charge < -0.3 is 14.6 Å². The molecule has 3 heteroatoms. The van der Waals surface area contributed by atoms with Crippen LogP contribution in [0.2, 0.25) is 0 Å². The van der Waals surface area contributed by atoms with E-state index in [1.54, 1.807) is 0 Å². The number of aliphatic hydroxyl groups excluding tert-OH is 1. The highest BCUT2D eigenvalue weighted by Crippen LogP contribution is 2.35. The van der Waals surface area contributed by atoms with Crippen LogP contribution in [-0.4, -0.2) is 24.4 Å². The third-order valence-electron chi connectivity index (χ3n) is 4.58. The average molecular weight is 358 g/mol. The van der Waals surface area contributed by atoms with Crippen LogP contribution in [0, 0.1) is 6.92 Å². The Morgan fingerprint density at radius 2 is 1.44 bits per heavy atom. The van der Waals surface area contributed by atoms with Crippen LogP contribution < -0.4 is 9.47 Å². The number of hydrogen-bond acceptors (Lipinski definition) is 3. The first-order valence-electron chi connectivity index (χ1n) is 9.11. The predicted molar refractivity (Wildman–Crippen MR) is 110 cm³/mol. The molecule has 0 radical (unpaired) electrons. The van der Waals surface area contributed by atoms with Crippen molar-refractivity contribution in [3.8, 4) is 11.5 Å². The van der Waals surface area contributed by atoms with Crippen LogP contribution in [0.3, 0.4) is 0 Å². The quantitative estimate of drug-likeness (QED) is 0.486. The van der Waals surface area contributed by atoms with Crippen LogP contribution in [-0.2, 0) is 0 Å². The van der Waals surface area contributed by atoms with Gasteiger partial charge in [-0.15, -0.1) is 0 Å². The van der Waals surface area contributed by atoms with Gasteiger partial charge in [0, 0.05) is 10.8 Å². The molecule has 1 atom stereocenters. The molecule has 0 aliphatic rings. The summed E-state index contributed by atoms with van der Waals surface area (Å²) in [5.41, 5.74) is 1.18. The van der Waals surface area contributed by atoms with Crippen molar-refractivity contribution in [3.05, 3.63) is 84.4 Å². The molecule has 0 spiro atoms. The molecule has 4 aromatic carbocycles. The highest BCUT2D eigenvalue weighted by molar-refractivity contribution is 6.05. The predicted octanol–water partition coefficient (Wildman–Crippen LogP) is 5.12. The zero-order valence-electron chi connectivity index (χ0n) is 15.3. The van der Waals surface area contributed by atoms with Crippen molar-refractivity contribution in [1.29, 1.82) is 0 Å². The van der Waals surface area contributed by atoms with Crippen LogP contribution in [0.1, 0.15) is 5.56 Å². The molecule has 0 heterocycles. The number of aryl methyl sites for hydroxylation is 1. The molecule has 0 saturated carbocycles. The molecule has 0 aliphatic heterocycles. The maximum Gasteiger partial charge on any atom is 0.135 e. The molecule has 1 unspecified atom stereocenters. The van der Waals surface area contributed by atoms with Crippen LogP contribution in [0.4, 0.5) is 0 Å². The number of fused-ring (bicyclic) bond motifs is 2. The van der Waals surface area contributed by atoms with E-state index >= 15 is 0 Å². The first-order valence-corrected chi connectivity index (χ1v) is 9.11. The van der Waals surface area contributed by atoms with Gasteiger partial charge in [0.1, 0.15) is 30.8 Å². The summed E-state index contributed by atoms with van der Waals surface area (Å²) in [5, 5.41) is 14.7. The number of hydrogen-bond donors (Lipinski definition) is 1. The second-order valence-electron chi connectivity index (χ2n) is 6.74. The van der Waals surface area contributed by atoms with Gasteiger partial charge in [-0.3, -0.25) is 0 Å². The second-order valence-corrected chi connectivity index (χ2v) is 6.74. The van der Waals surface area contributed by atoms with E-state index in [9.17, 15) is 5.11 Å². The molecular weight excluding hydrogens is 336 g/mol. The van der Waals surface area contributed by atoms with Crippen LogP contribution >= 0.6 is 0 Å². The normalized spacial score (nSPS) is 12.2. The molecule has 136 valence electrons. The number of para-hydroxylation sites is 1. The first kappa shape index (κ1) is 17.4. The summed E-state index contributed by atoms with van der Waals surface area (Å²) in [6.07, 6.45) is -0.718. The van der Waals surface area contributed by atoms with Gasteiger partial charge in [0.15, 0.2) is 0 Å². The number of benzene rings is 4.